The third-order valence-corrected chi connectivity index (χ3v) is 3.96. The predicted molar refractivity (Wildman–Crippen MR) is 79.5 cm³/mol. The largest absolute Gasteiger partial charge is 0.381 e. The molecule has 0 atom stereocenters. The van der Waals surface area contributed by atoms with Gasteiger partial charge in [-0.25, -0.2) is 0 Å². The van der Waals surface area contributed by atoms with Crippen molar-refractivity contribution < 1.29 is 13.0 Å². The molecule has 0 aliphatic heterocycles. The Hall–Kier alpha value is -1.85. The van der Waals surface area contributed by atoms with Crippen LogP contribution in [0.3, 0.4) is 0 Å². The van der Waals surface area contributed by atoms with Crippen molar-refractivity contribution in [2.45, 2.75) is 25.3 Å². The van der Waals surface area contributed by atoms with Crippen LogP contribution in [0.2, 0.25) is 0 Å². The van der Waals surface area contributed by atoms with Crippen molar-refractivity contribution in [3.8, 4) is 0 Å². The molecule has 0 saturated heterocycles. The quantitative estimate of drug-likeness (QED) is 0.849. The van der Waals surface area contributed by atoms with Gasteiger partial charge in [0.25, 0.3) is 10.1 Å². The zero-order chi connectivity index (χ0) is 14.8. The third-order valence-electron chi connectivity index (χ3n) is 3.11. The van der Waals surface area contributed by atoms with Gasteiger partial charge in [-0.3, -0.25) is 4.55 Å². The fourth-order valence-electron chi connectivity index (χ4n) is 2.01. The van der Waals surface area contributed by atoms with E-state index in [1.54, 1.807) is 12.1 Å². The van der Waals surface area contributed by atoms with E-state index < -0.39 is 10.1 Å². The molecule has 0 radical (unpaired) electrons. The summed E-state index contributed by atoms with van der Waals surface area (Å²) in [6.07, 6.45) is 0. The molecule has 0 aliphatic rings. The van der Waals surface area contributed by atoms with Gasteiger partial charge >= 0.3 is 0 Å². The number of hydrogen-bond acceptors (Lipinski definition) is 3. The summed E-state index contributed by atoms with van der Waals surface area (Å²) in [6, 6.07) is 12.3. The van der Waals surface area contributed by atoms with Gasteiger partial charge in [-0.2, -0.15) is 8.42 Å². The summed E-state index contributed by atoms with van der Waals surface area (Å²) in [6.45, 7) is 4.68. The zero-order valence-corrected chi connectivity index (χ0v) is 12.2. The standard InChI is InChI=1S/C15H17NO3S/c1-11-6-7-13(12(2)8-11)10-16-14-4-3-5-15(9-14)20(17,18)19/h3-9,16H,10H2,1-2H3,(H,17,18,19). The molecule has 0 saturated carbocycles. The molecule has 2 aromatic rings. The summed E-state index contributed by atoms with van der Waals surface area (Å²) < 4.78 is 31.2. The normalized spacial score (nSPS) is 11.3. The van der Waals surface area contributed by atoms with Crippen molar-refractivity contribution in [3.63, 3.8) is 0 Å². The van der Waals surface area contributed by atoms with E-state index in [2.05, 4.69) is 11.4 Å². The fraction of sp³-hybridized carbons (Fsp3) is 0.200. The molecule has 4 nitrogen and oxygen atoms in total. The molecule has 0 aromatic heterocycles. The van der Waals surface area contributed by atoms with Crippen LogP contribution in [0.5, 0.6) is 0 Å². The van der Waals surface area contributed by atoms with Crippen molar-refractivity contribution in [3.05, 3.63) is 59.2 Å². The second kappa shape index (κ2) is 5.64. The van der Waals surface area contributed by atoms with E-state index >= 15 is 0 Å². The fourth-order valence-corrected chi connectivity index (χ4v) is 2.53. The van der Waals surface area contributed by atoms with Crippen LogP contribution in [0.15, 0.2) is 47.4 Å². The van der Waals surface area contributed by atoms with Gasteiger partial charge in [0.1, 0.15) is 0 Å². The first kappa shape index (κ1) is 14.6. The highest BCUT2D eigenvalue weighted by Gasteiger charge is 2.09. The van der Waals surface area contributed by atoms with Crippen LogP contribution < -0.4 is 5.32 Å². The van der Waals surface area contributed by atoms with E-state index in [1.807, 2.05) is 26.0 Å². The summed E-state index contributed by atoms with van der Waals surface area (Å²) in [5.74, 6) is 0. The number of rotatable bonds is 4. The van der Waals surface area contributed by atoms with Crippen LogP contribution in [0.4, 0.5) is 5.69 Å². The van der Waals surface area contributed by atoms with Crippen LogP contribution in [-0.4, -0.2) is 13.0 Å². The minimum atomic E-state index is -4.16. The summed E-state index contributed by atoms with van der Waals surface area (Å²) in [7, 11) is -4.16. The van der Waals surface area contributed by atoms with Crippen molar-refractivity contribution in [2.75, 3.05) is 5.32 Å². The smallest absolute Gasteiger partial charge is 0.294 e. The van der Waals surface area contributed by atoms with Crippen LogP contribution in [0, 0.1) is 13.8 Å². The maximum atomic E-state index is 11.1. The first-order valence-electron chi connectivity index (χ1n) is 6.24. The Morgan fingerprint density at radius 1 is 1.10 bits per heavy atom. The molecular weight excluding hydrogens is 274 g/mol. The average molecular weight is 291 g/mol. The molecule has 0 amide bonds. The van der Waals surface area contributed by atoms with E-state index in [1.165, 1.54) is 23.3 Å². The second-order valence-corrected chi connectivity index (χ2v) is 6.21. The molecule has 0 fully saturated rings. The van der Waals surface area contributed by atoms with Crippen molar-refractivity contribution in [1.29, 1.82) is 0 Å². The van der Waals surface area contributed by atoms with Crippen molar-refractivity contribution in [2.24, 2.45) is 0 Å². The van der Waals surface area contributed by atoms with Crippen LogP contribution in [-0.2, 0) is 16.7 Å². The highest BCUT2D eigenvalue weighted by Crippen LogP contribution is 2.17. The molecule has 0 heterocycles. The molecule has 2 aromatic carbocycles. The predicted octanol–water partition coefficient (Wildman–Crippen LogP) is 3.16. The molecule has 2 N–H and O–H groups in total. The van der Waals surface area contributed by atoms with Gasteiger partial charge in [-0.05, 0) is 43.2 Å². The molecular formula is C15H17NO3S. The lowest BCUT2D eigenvalue weighted by Crippen LogP contribution is -2.03. The lowest BCUT2D eigenvalue weighted by atomic mass is 10.1. The minimum Gasteiger partial charge on any atom is -0.381 e. The van der Waals surface area contributed by atoms with Gasteiger partial charge in [-0.15, -0.1) is 0 Å². The second-order valence-electron chi connectivity index (χ2n) is 4.79. The highest BCUT2D eigenvalue weighted by molar-refractivity contribution is 7.85. The molecule has 2 rings (SSSR count). The number of nitrogens with one attached hydrogen (secondary N) is 1. The number of benzene rings is 2. The third kappa shape index (κ3) is 3.59. The van der Waals surface area contributed by atoms with E-state index in [0.29, 0.717) is 12.2 Å². The summed E-state index contributed by atoms with van der Waals surface area (Å²) in [5.41, 5.74) is 4.19. The Bertz CT molecular complexity index is 724. The monoisotopic (exact) mass is 291 g/mol. The van der Waals surface area contributed by atoms with Crippen LogP contribution in [0.25, 0.3) is 0 Å². The molecule has 0 unspecified atom stereocenters. The topological polar surface area (TPSA) is 66.4 Å². The Labute approximate surface area is 119 Å². The minimum absolute atomic E-state index is 0.108. The first-order valence-corrected chi connectivity index (χ1v) is 7.68. The van der Waals surface area contributed by atoms with Crippen molar-refractivity contribution in [1.82, 2.24) is 0 Å². The number of hydrogen-bond donors (Lipinski definition) is 2. The zero-order valence-electron chi connectivity index (χ0n) is 11.4. The maximum absolute atomic E-state index is 11.1. The lowest BCUT2D eigenvalue weighted by Gasteiger charge is -2.10. The number of aryl methyl sites for hydroxylation is 2. The summed E-state index contributed by atoms with van der Waals surface area (Å²) in [5, 5.41) is 3.16. The highest BCUT2D eigenvalue weighted by atomic mass is 32.2. The Morgan fingerprint density at radius 3 is 2.50 bits per heavy atom. The Kier molecular flexibility index (Phi) is 4.11. The van der Waals surface area contributed by atoms with Gasteiger partial charge in [-0.1, -0.05) is 29.8 Å². The summed E-state index contributed by atoms with van der Waals surface area (Å²) in [4.78, 5) is -0.108. The van der Waals surface area contributed by atoms with E-state index in [-0.39, 0.29) is 4.90 Å². The Morgan fingerprint density at radius 2 is 1.85 bits per heavy atom. The van der Waals surface area contributed by atoms with Gasteiger partial charge in [0.05, 0.1) is 4.90 Å². The van der Waals surface area contributed by atoms with Gasteiger partial charge in [0.15, 0.2) is 0 Å². The van der Waals surface area contributed by atoms with Crippen molar-refractivity contribution >= 4 is 15.8 Å². The molecule has 0 spiro atoms. The SMILES string of the molecule is Cc1ccc(CNc2cccc(S(=O)(=O)O)c2)c(C)c1. The molecule has 0 aliphatic carbocycles. The first-order chi connectivity index (χ1) is 9.36. The lowest BCUT2D eigenvalue weighted by molar-refractivity contribution is 0.483. The molecule has 5 heteroatoms. The average Bonchev–Trinajstić information content (AvgIpc) is 2.37. The van der Waals surface area contributed by atoms with E-state index in [4.69, 9.17) is 4.55 Å². The van der Waals surface area contributed by atoms with Crippen LogP contribution in [0.1, 0.15) is 16.7 Å². The molecule has 106 valence electrons. The van der Waals surface area contributed by atoms with Gasteiger partial charge in [0.2, 0.25) is 0 Å². The molecule has 0 bridgehead atoms. The van der Waals surface area contributed by atoms with Crippen LogP contribution >= 0.6 is 0 Å². The van der Waals surface area contributed by atoms with Gasteiger partial charge < -0.3 is 5.32 Å². The van der Waals surface area contributed by atoms with E-state index in [0.717, 1.165) is 5.56 Å². The summed E-state index contributed by atoms with van der Waals surface area (Å²) >= 11 is 0. The van der Waals surface area contributed by atoms with Gasteiger partial charge in [0, 0.05) is 12.2 Å². The van der Waals surface area contributed by atoms with E-state index in [9.17, 15) is 8.42 Å². The number of anilines is 1. The Balaban J connectivity index is 2.15. The molecule has 20 heavy (non-hydrogen) atoms. The maximum Gasteiger partial charge on any atom is 0.294 e.